The fourth-order valence-electron chi connectivity index (χ4n) is 2.79. The van der Waals surface area contributed by atoms with Crippen LogP contribution in [0.5, 0.6) is 0 Å². The van der Waals surface area contributed by atoms with Crippen LogP contribution in [0.2, 0.25) is 0 Å². The summed E-state index contributed by atoms with van der Waals surface area (Å²) in [5.41, 5.74) is 2.04. The second kappa shape index (κ2) is 8.31. The summed E-state index contributed by atoms with van der Waals surface area (Å²) in [6, 6.07) is 14.5. The maximum Gasteiger partial charge on any atom is 0.234 e. The first kappa shape index (κ1) is 17.0. The maximum atomic E-state index is 13.5. The van der Waals surface area contributed by atoms with E-state index in [9.17, 15) is 9.18 Å². The number of nitrogens with zero attached hydrogens (tertiary/aromatic N) is 1. The zero-order valence-electron chi connectivity index (χ0n) is 13.5. The van der Waals surface area contributed by atoms with Crippen molar-refractivity contribution in [1.82, 2.24) is 4.90 Å². The zero-order valence-corrected chi connectivity index (χ0v) is 14.3. The predicted octanol–water partition coefficient (Wildman–Crippen LogP) is 4.15. The predicted molar refractivity (Wildman–Crippen MR) is 96.7 cm³/mol. The van der Waals surface area contributed by atoms with Crippen molar-refractivity contribution in [1.29, 1.82) is 0 Å². The Bertz CT molecular complexity index is 684. The van der Waals surface area contributed by atoms with E-state index in [0.717, 1.165) is 12.2 Å². The number of rotatable bonds is 6. The molecule has 0 bridgehead atoms. The second-order valence-corrected chi connectivity index (χ2v) is 6.96. The number of thioether (sulfide) groups is 1. The maximum absolute atomic E-state index is 13.5. The van der Waals surface area contributed by atoms with Crippen LogP contribution in [0.4, 0.5) is 10.1 Å². The Hall–Kier alpha value is -1.85. The summed E-state index contributed by atoms with van der Waals surface area (Å²) < 4.78 is 13.5. The highest BCUT2D eigenvalue weighted by Crippen LogP contribution is 2.21. The molecule has 0 radical (unpaired) electrons. The van der Waals surface area contributed by atoms with Crippen molar-refractivity contribution in [2.24, 2.45) is 0 Å². The molecule has 0 saturated carbocycles. The number of nitrogens with one attached hydrogen (secondary N) is 1. The largest absolute Gasteiger partial charge is 0.325 e. The van der Waals surface area contributed by atoms with Gasteiger partial charge in [0, 0.05) is 17.1 Å². The van der Waals surface area contributed by atoms with Gasteiger partial charge in [0.2, 0.25) is 5.91 Å². The van der Waals surface area contributed by atoms with E-state index in [2.05, 4.69) is 22.3 Å². The SMILES string of the molecule is O=C(CSc1ccccc1F)Nc1ccc(CN2CCCC2)cc1. The third-order valence-electron chi connectivity index (χ3n) is 4.04. The molecule has 1 aliphatic heterocycles. The Morgan fingerprint density at radius 1 is 1.08 bits per heavy atom. The number of benzene rings is 2. The number of amides is 1. The molecule has 0 unspecified atom stereocenters. The molecule has 0 atom stereocenters. The fourth-order valence-corrected chi connectivity index (χ4v) is 3.53. The minimum Gasteiger partial charge on any atom is -0.325 e. The van der Waals surface area contributed by atoms with E-state index in [0.29, 0.717) is 4.90 Å². The average molecular weight is 344 g/mol. The Morgan fingerprint density at radius 2 is 1.79 bits per heavy atom. The van der Waals surface area contributed by atoms with Crippen molar-refractivity contribution in [3.05, 3.63) is 59.9 Å². The molecule has 126 valence electrons. The third-order valence-corrected chi connectivity index (χ3v) is 5.09. The Morgan fingerprint density at radius 3 is 2.50 bits per heavy atom. The quantitative estimate of drug-likeness (QED) is 0.799. The van der Waals surface area contributed by atoms with Crippen LogP contribution in [-0.4, -0.2) is 29.6 Å². The summed E-state index contributed by atoms with van der Waals surface area (Å²) in [5.74, 6) is -0.228. The summed E-state index contributed by atoms with van der Waals surface area (Å²) in [4.78, 5) is 14.9. The standard InChI is InChI=1S/C19H21FN2OS/c20-17-5-1-2-6-18(17)24-14-19(23)21-16-9-7-15(8-10-16)13-22-11-3-4-12-22/h1-2,5-10H,3-4,11-14H2,(H,21,23). The summed E-state index contributed by atoms with van der Waals surface area (Å²) in [6.07, 6.45) is 2.57. The van der Waals surface area contributed by atoms with E-state index < -0.39 is 0 Å². The van der Waals surface area contributed by atoms with Gasteiger partial charge in [0.05, 0.1) is 5.75 Å². The smallest absolute Gasteiger partial charge is 0.234 e. The lowest BCUT2D eigenvalue weighted by atomic mass is 10.2. The molecule has 1 amide bonds. The number of likely N-dealkylation sites (tertiary alicyclic amines) is 1. The molecule has 0 aliphatic carbocycles. The van der Waals surface area contributed by atoms with Gasteiger partial charge in [-0.3, -0.25) is 9.69 Å². The number of hydrogen-bond acceptors (Lipinski definition) is 3. The topological polar surface area (TPSA) is 32.3 Å². The van der Waals surface area contributed by atoms with E-state index >= 15 is 0 Å². The van der Waals surface area contributed by atoms with Crippen LogP contribution in [0.1, 0.15) is 18.4 Å². The van der Waals surface area contributed by atoms with Crippen molar-refractivity contribution in [3.63, 3.8) is 0 Å². The van der Waals surface area contributed by atoms with Crippen LogP contribution in [0.15, 0.2) is 53.4 Å². The van der Waals surface area contributed by atoms with E-state index in [1.165, 1.54) is 49.3 Å². The molecule has 1 N–H and O–H groups in total. The van der Waals surface area contributed by atoms with Crippen molar-refractivity contribution in [3.8, 4) is 0 Å². The molecule has 5 heteroatoms. The van der Waals surface area contributed by atoms with Crippen molar-refractivity contribution in [2.75, 3.05) is 24.2 Å². The van der Waals surface area contributed by atoms with Crippen LogP contribution in [0.25, 0.3) is 0 Å². The first-order chi connectivity index (χ1) is 11.7. The van der Waals surface area contributed by atoms with Gasteiger partial charge < -0.3 is 5.32 Å². The summed E-state index contributed by atoms with van der Waals surface area (Å²) in [6.45, 7) is 3.31. The molecular formula is C19H21FN2OS. The number of carbonyl (C=O) groups is 1. The van der Waals surface area contributed by atoms with Gasteiger partial charge in [-0.2, -0.15) is 0 Å². The molecule has 24 heavy (non-hydrogen) atoms. The van der Waals surface area contributed by atoms with Gasteiger partial charge in [0.1, 0.15) is 5.82 Å². The molecule has 1 heterocycles. The molecule has 3 nitrogen and oxygen atoms in total. The minimum absolute atomic E-state index is 0.129. The second-order valence-electron chi connectivity index (χ2n) is 5.95. The van der Waals surface area contributed by atoms with Crippen molar-refractivity contribution >= 4 is 23.4 Å². The van der Waals surface area contributed by atoms with Crippen molar-refractivity contribution < 1.29 is 9.18 Å². The highest BCUT2D eigenvalue weighted by molar-refractivity contribution is 8.00. The summed E-state index contributed by atoms with van der Waals surface area (Å²) in [5, 5.41) is 2.86. The molecule has 0 aromatic heterocycles. The number of carbonyl (C=O) groups excluding carboxylic acids is 1. The van der Waals surface area contributed by atoms with Gasteiger partial charge >= 0.3 is 0 Å². The van der Waals surface area contributed by atoms with Crippen LogP contribution in [0, 0.1) is 5.82 Å². The molecule has 1 aliphatic rings. The number of hydrogen-bond donors (Lipinski definition) is 1. The average Bonchev–Trinajstić information content (AvgIpc) is 3.09. The van der Waals surface area contributed by atoms with Gasteiger partial charge in [-0.15, -0.1) is 11.8 Å². The Kier molecular flexibility index (Phi) is 5.88. The normalized spacial score (nSPS) is 14.7. The monoisotopic (exact) mass is 344 g/mol. The minimum atomic E-state index is -0.290. The van der Waals surface area contributed by atoms with Gasteiger partial charge in [-0.25, -0.2) is 4.39 Å². The summed E-state index contributed by atoms with van der Waals surface area (Å²) >= 11 is 1.21. The lowest BCUT2D eigenvalue weighted by Gasteiger charge is -2.14. The van der Waals surface area contributed by atoms with Crippen LogP contribution < -0.4 is 5.32 Å². The highest BCUT2D eigenvalue weighted by Gasteiger charge is 2.12. The molecular weight excluding hydrogens is 323 g/mol. The zero-order chi connectivity index (χ0) is 16.8. The van der Waals surface area contributed by atoms with Crippen LogP contribution in [0.3, 0.4) is 0 Å². The first-order valence-electron chi connectivity index (χ1n) is 8.19. The lowest BCUT2D eigenvalue weighted by molar-refractivity contribution is -0.113. The molecule has 3 rings (SSSR count). The summed E-state index contributed by atoms with van der Waals surface area (Å²) in [7, 11) is 0. The van der Waals surface area contributed by atoms with E-state index in [1.807, 2.05) is 12.1 Å². The highest BCUT2D eigenvalue weighted by atomic mass is 32.2. The van der Waals surface area contributed by atoms with E-state index in [1.54, 1.807) is 18.2 Å². The Balaban J connectivity index is 1.48. The first-order valence-corrected chi connectivity index (χ1v) is 9.18. The van der Waals surface area contributed by atoms with Gasteiger partial charge in [0.25, 0.3) is 0 Å². The van der Waals surface area contributed by atoms with E-state index in [-0.39, 0.29) is 17.5 Å². The van der Waals surface area contributed by atoms with Crippen LogP contribution >= 0.6 is 11.8 Å². The third kappa shape index (κ3) is 4.82. The number of halogens is 1. The molecule has 2 aromatic rings. The molecule has 0 spiro atoms. The van der Waals surface area contributed by atoms with Gasteiger partial charge in [-0.05, 0) is 55.8 Å². The van der Waals surface area contributed by atoms with Crippen LogP contribution in [-0.2, 0) is 11.3 Å². The van der Waals surface area contributed by atoms with Gasteiger partial charge in [-0.1, -0.05) is 24.3 Å². The van der Waals surface area contributed by atoms with Gasteiger partial charge in [0.15, 0.2) is 0 Å². The fraction of sp³-hybridized carbons (Fsp3) is 0.316. The molecule has 2 aromatic carbocycles. The molecule has 1 fully saturated rings. The molecule has 1 saturated heterocycles. The van der Waals surface area contributed by atoms with E-state index in [4.69, 9.17) is 0 Å². The lowest BCUT2D eigenvalue weighted by Crippen LogP contribution is -2.18. The number of anilines is 1. The van der Waals surface area contributed by atoms with Crippen molar-refractivity contribution in [2.45, 2.75) is 24.3 Å². The Labute approximate surface area is 146 Å².